The van der Waals surface area contributed by atoms with Crippen molar-refractivity contribution in [3.8, 4) is 0 Å². The van der Waals surface area contributed by atoms with Crippen LogP contribution in [0.5, 0.6) is 0 Å². The van der Waals surface area contributed by atoms with E-state index in [9.17, 15) is 4.79 Å². The van der Waals surface area contributed by atoms with E-state index in [2.05, 4.69) is 31.0 Å². The molecule has 0 atom stereocenters. The molecule has 0 heterocycles. The fourth-order valence-electron chi connectivity index (χ4n) is 2.79. The van der Waals surface area contributed by atoms with Gasteiger partial charge in [-0.1, -0.05) is 83.4 Å². The molecule has 26 heavy (non-hydrogen) atoms. The van der Waals surface area contributed by atoms with Gasteiger partial charge in [0.15, 0.2) is 0 Å². The Morgan fingerprint density at radius 2 is 1.35 bits per heavy atom. The summed E-state index contributed by atoms with van der Waals surface area (Å²) in [5.74, 6) is -0.133. The smallest absolute Gasteiger partial charge is 0.248 e. The molecule has 0 aromatic carbocycles. The van der Waals surface area contributed by atoms with E-state index in [1.165, 1.54) is 83.5 Å². The van der Waals surface area contributed by atoms with Gasteiger partial charge in [0.05, 0.1) is 0 Å². The molecule has 0 aromatic rings. The lowest BCUT2D eigenvalue weighted by atomic mass is 10.1. The zero-order valence-corrected chi connectivity index (χ0v) is 17.5. The molecule has 1 amide bonds. The van der Waals surface area contributed by atoms with Gasteiger partial charge < -0.3 is 10.1 Å². The highest BCUT2D eigenvalue weighted by Crippen LogP contribution is 2.09. The van der Waals surface area contributed by atoms with E-state index in [0.29, 0.717) is 5.57 Å². The number of unbranched alkanes of at least 4 members (excludes halogenated alkanes) is 12. The van der Waals surface area contributed by atoms with E-state index in [1.807, 2.05) is 0 Å². The van der Waals surface area contributed by atoms with E-state index in [4.69, 9.17) is 4.74 Å². The van der Waals surface area contributed by atoms with Crippen LogP contribution in [0.1, 0.15) is 104 Å². The first-order chi connectivity index (χ1) is 12.7. The number of allylic oxidation sites excluding steroid dienone is 2. The number of nitrogens with one attached hydrogen (secondary N) is 1. The monoisotopic (exact) mass is 365 g/mol. The summed E-state index contributed by atoms with van der Waals surface area (Å²) in [6.07, 6.45) is 23.1. The molecule has 0 saturated heterocycles. The van der Waals surface area contributed by atoms with Gasteiger partial charge in [0.25, 0.3) is 0 Å². The molecular weight excluding hydrogens is 322 g/mol. The van der Waals surface area contributed by atoms with Crippen molar-refractivity contribution in [2.45, 2.75) is 104 Å². The molecule has 3 heteroatoms. The van der Waals surface area contributed by atoms with E-state index in [1.54, 1.807) is 6.92 Å². The van der Waals surface area contributed by atoms with Crippen LogP contribution in [0.25, 0.3) is 0 Å². The van der Waals surface area contributed by atoms with Crippen LogP contribution in [0, 0.1) is 0 Å². The summed E-state index contributed by atoms with van der Waals surface area (Å²) in [6, 6.07) is 0. The first kappa shape index (κ1) is 24.9. The molecule has 0 saturated carbocycles. The fraction of sp³-hybridized carbons (Fsp3) is 0.783. The van der Waals surface area contributed by atoms with E-state index in [-0.39, 0.29) is 12.6 Å². The molecule has 0 fully saturated rings. The summed E-state index contributed by atoms with van der Waals surface area (Å²) >= 11 is 0. The van der Waals surface area contributed by atoms with Crippen LogP contribution in [0.2, 0.25) is 0 Å². The summed E-state index contributed by atoms with van der Waals surface area (Å²) in [4.78, 5) is 11.2. The third-order valence-electron chi connectivity index (χ3n) is 4.52. The molecular formula is C23H43NO2. The quantitative estimate of drug-likeness (QED) is 0.120. The highest BCUT2D eigenvalue weighted by Gasteiger charge is 1.99. The Hall–Kier alpha value is -1.09. The number of hydrogen-bond acceptors (Lipinski definition) is 2. The second kappa shape index (κ2) is 20.2. The van der Waals surface area contributed by atoms with Crippen LogP contribution in [-0.2, 0) is 9.53 Å². The Morgan fingerprint density at radius 1 is 0.846 bits per heavy atom. The van der Waals surface area contributed by atoms with Crippen LogP contribution in [0.3, 0.4) is 0 Å². The minimum atomic E-state index is -0.133. The molecule has 0 aliphatic rings. The average molecular weight is 366 g/mol. The maximum absolute atomic E-state index is 11.2. The molecule has 0 unspecified atom stereocenters. The molecule has 0 aromatic heterocycles. The molecule has 1 N–H and O–H groups in total. The van der Waals surface area contributed by atoms with Gasteiger partial charge in [-0.15, -0.1) is 0 Å². The van der Waals surface area contributed by atoms with Crippen molar-refractivity contribution in [2.75, 3.05) is 13.3 Å². The molecule has 0 aliphatic heterocycles. The predicted molar refractivity (Wildman–Crippen MR) is 113 cm³/mol. The molecule has 3 nitrogen and oxygen atoms in total. The molecule has 0 bridgehead atoms. The van der Waals surface area contributed by atoms with Crippen molar-refractivity contribution < 1.29 is 9.53 Å². The lowest BCUT2D eigenvalue weighted by Gasteiger charge is -2.06. The van der Waals surface area contributed by atoms with Crippen molar-refractivity contribution in [3.05, 3.63) is 24.3 Å². The van der Waals surface area contributed by atoms with Crippen LogP contribution >= 0.6 is 0 Å². The van der Waals surface area contributed by atoms with Gasteiger partial charge in [-0.25, -0.2) is 0 Å². The molecule has 0 radical (unpaired) electrons. The second-order valence-corrected chi connectivity index (χ2v) is 7.28. The lowest BCUT2D eigenvalue weighted by Crippen LogP contribution is -2.26. The largest absolute Gasteiger partial charge is 0.361 e. The van der Waals surface area contributed by atoms with Gasteiger partial charge in [0.2, 0.25) is 5.91 Å². The fourth-order valence-corrected chi connectivity index (χ4v) is 2.79. The van der Waals surface area contributed by atoms with Crippen molar-refractivity contribution in [1.82, 2.24) is 5.32 Å². The maximum Gasteiger partial charge on any atom is 0.248 e. The van der Waals surface area contributed by atoms with Crippen LogP contribution < -0.4 is 5.32 Å². The van der Waals surface area contributed by atoms with Crippen molar-refractivity contribution in [1.29, 1.82) is 0 Å². The van der Waals surface area contributed by atoms with E-state index < -0.39 is 0 Å². The highest BCUT2D eigenvalue weighted by molar-refractivity contribution is 5.91. The Morgan fingerprint density at radius 3 is 1.88 bits per heavy atom. The third-order valence-corrected chi connectivity index (χ3v) is 4.52. The van der Waals surface area contributed by atoms with Crippen LogP contribution in [0.15, 0.2) is 24.3 Å². The Kier molecular flexibility index (Phi) is 19.4. The Labute approximate surface area is 162 Å². The Balaban J connectivity index is 3.14. The zero-order valence-electron chi connectivity index (χ0n) is 17.5. The SMILES string of the molecule is C=C(C)C(=O)NCOCCCCCCCCC=CCCCCCCCC. The zero-order chi connectivity index (χ0) is 19.3. The standard InChI is InChI=1S/C23H43NO2/c1-4-5-6-7-8-9-10-11-12-13-14-15-16-17-18-19-20-26-21-24-23(25)22(2)3/h11-12H,2,4-10,13-21H2,1,3H3,(H,24,25). The minimum absolute atomic E-state index is 0.133. The molecule has 0 rings (SSSR count). The second-order valence-electron chi connectivity index (χ2n) is 7.28. The first-order valence-corrected chi connectivity index (χ1v) is 10.8. The van der Waals surface area contributed by atoms with Gasteiger partial charge in [0, 0.05) is 12.2 Å². The number of rotatable bonds is 19. The average Bonchev–Trinajstić information content (AvgIpc) is 2.63. The van der Waals surface area contributed by atoms with Gasteiger partial charge in [-0.2, -0.15) is 0 Å². The Bertz CT molecular complexity index is 363. The number of carbonyl (C=O) groups is 1. The van der Waals surface area contributed by atoms with Gasteiger partial charge in [-0.3, -0.25) is 4.79 Å². The van der Waals surface area contributed by atoms with Gasteiger partial charge in [0.1, 0.15) is 6.73 Å². The number of hydrogen-bond donors (Lipinski definition) is 1. The number of carbonyl (C=O) groups excluding carboxylic acids is 1. The first-order valence-electron chi connectivity index (χ1n) is 10.8. The highest BCUT2D eigenvalue weighted by atomic mass is 16.5. The molecule has 0 spiro atoms. The summed E-state index contributed by atoms with van der Waals surface area (Å²) in [5, 5.41) is 2.67. The number of amides is 1. The summed E-state index contributed by atoms with van der Waals surface area (Å²) in [5.41, 5.74) is 0.519. The van der Waals surface area contributed by atoms with Crippen molar-refractivity contribution in [2.24, 2.45) is 0 Å². The third kappa shape index (κ3) is 19.2. The normalized spacial score (nSPS) is 11.2. The van der Waals surface area contributed by atoms with Crippen molar-refractivity contribution in [3.63, 3.8) is 0 Å². The van der Waals surface area contributed by atoms with Gasteiger partial charge in [-0.05, 0) is 39.0 Å². The molecule has 152 valence electrons. The van der Waals surface area contributed by atoms with Crippen molar-refractivity contribution >= 4 is 5.91 Å². The van der Waals surface area contributed by atoms with Crippen LogP contribution in [-0.4, -0.2) is 19.2 Å². The summed E-state index contributed by atoms with van der Waals surface area (Å²) in [7, 11) is 0. The predicted octanol–water partition coefficient (Wildman–Crippen LogP) is 6.69. The number of ether oxygens (including phenoxy) is 1. The van der Waals surface area contributed by atoms with E-state index in [0.717, 1.165) is 13.0 Å². The van der Waals surface area contributed by atoms with Crippen LogP contribution in [0.4, 0.5) is 0 Å². The topological polar surface area (TPSA) is 38.3 Å². The molecule has 0 aliphatic carbocycles. The maximum atomic E-state index is 11.2. The lowest BCUT2D eigenvalue weighted by molar-refractivity contribution is -0.119. The van der Waals surface area contributed by atoms with E-state index >= 15 is 0 Å². The summed E-state index contributed by atoms with van der Waals surface area (Å²) in [6.45, 7) is 8.56. The van der Waals surface area contributed by atoms with Gasteiger partial charge >= 0.3 is 0 Å². The minimum Gasteiger partial charge on any atom is -0.361 e. The summed E-state index contributed by atoms with van der Waals surface area (Å²) < 4.78 is 5.39.